The first kappa shape index (κ1) is 18.7. The van der Waals surface area contributed by atoms with Gasteiger partial charge in [0.2, 0.25) is 0 Å². The number of ether oxygens (including phenoxy) is 1. The lowest BCUT2D eigenvalue weighted by Gasteiger charge is -2.45. The van der Waals surface area contributed by atoms with Gasteiger partial charge in [0.25, 0.3) is 5.56 Å². The van der Waals surface area contributed by atoms with Crippen LogP contribution in [0.1, 0.15) is 44.1 Å². The molecule has 0 bridgehead atoms. The van der Waals surface area contributed by atoms with Crippen LogP contribution in [-0.4, -0.2) is 16.6 Å². The van der Waals surface area contributed by atoms with E-state index in [4.69, 9.17) is 22.1 Å². The van der Waals surface area contributed by atoms with Crippen molar-refractivity contribution in [1.29, 1.82) is 0 Å². The van der Waals surface area contributed by atoms with Crippen LogP contribution in [0.4, 0.5) is 0 Å². The third-order valence-electron chi connectivity index (χ3n) is 6.97. The summed E-state index contributed by atoms with van der Waals surface area (Å²) in [7, 11) is 0. The Balaban J connectivity index is 1.38. The predicted octanol–water partition coefficient (Wildman–Crippen LogP) is 4.93. The van der Waals surface area contributed by atoms with Gasteiger partial charge in [0.05, 0.1) is 11.1 Å². The van der Waals surface area contributed by atoms with Crippen LogP contribution >= 0.6 is 11.6 Å². The predicted molar refractivity (Wildman–Crippen MR) is 117 cm³/mol. The van der Waals surface area contributed by atoms with Gasteiger partial charge in [-0.15, -0.1) is 0 Å². The lowest BCUT2D eigenvalue weighted by molar-refractivity contribution is 0.0999. The second-order valence-corrected chi connectivity index (χ2v) is 9.01. The molecule has 0 saturated heterocycles. The first-order valence-corrected chi connectivity index (χ1v) is 10.7. The zero-order chi connectivity index (χ0) is 20.1. The standard InChI is InChI=1S/C24H25ClN2O2/c25-20-15-19-16(8-13-27-22(19)28)14-21(20)29-18-6-9-23(10-7-18,24(26)11-12-24)17-4-2-1-3-5-17/h1-5,8,13-15,18H,6-7,9-12,26H2,(H,27,28)/t18-,23+. The minimum atomic E-state index is -0.140. The molecular formula is C24H25ClN2O2. The molecule has 2 aliphatic carbocycles. The van der Waals surface area contributed by atoms with Gasteiger partial charge < -0.3 is 15.5 Å². The number of hydrogen-bond acceptors (Lipinski definition) is 3. The first-order valence-electron chi connectivity index (χ1n) is 10.3. The summed E-state index contributed by atoms with van der Waals surface area (Å²) < 4.78 is 6.31. The lowest BCUT2D eigenvalue weighted by Crippen LogP contribution is -2.51. The second kappa shape index (κ2) is 6.89. The van der Waals surface area contributed by atoms with Crippen molar-refractivity contribution >= 4 is 22.4 Å². The fourth-order valence-electron chi connectivity index (χ4n) is 5.10. The van der Waals surface area contributed by atoms with Gasteiger partial charge in [0.1, 0.15) is 5.75 Å². The van der Waals surface area contributed by atoms with Crippen molar-refractivity contribution in [1.82, 2.24) is 4.98 Å². The van der Waals surface area contributed by atoms with Crippen LogP contribution in [0.3, 0.4) is 0 Å². The lowest BCUT2D eigenvalue weighted by atomic mass is 9.63. The Morgan fingerprint density at radius 2 is 1.76 bits per heavy atom. The highest BCUT2D eigenvalue weighted by atomic mass is 35.5. The van der Waals surface area contributed by atoms with Gasteiger partial charge in [-0.05, 0) is 67.7 Å². The Morgan fingerprint density at radius 1 is 1.03 bits per heavy atom. The zero-order valence-electron chi connectivity index (χ0n) is 16.3. The van der Waals surface area contributed by atoms with Crippen LogP contribution in [0.5, 0.6) is 5.75 Å². The molecule has 0 spiro atoms. The number of aromatic amines is 1. The Bertz CT molecular complexity index is 1100. The van der Waals surface area contributed by atoms with Crippen molar-refractivity contribution in [3.8, 4) is 5.75 Å². The number of aromatic nitrogens is 1. The van der Waals surface area contributed by atoms with E-state index in [9.17, 15) is 4.79 Å². The molecule has 1 heterocycles. The Hall–Kier alpha value is -2.30. The minimum Gasteiger partial charge on any atom is -0.489 e. The quantitative estimate of drug-likeness (QED) is 0.643. The molecule has 5 heteroatoms. The highest BCUT2D eigenvalue weighted by molar-refractivity contribution is 6.32. The number of fused-ring (bicyclic) bond motifs is 1. The molecule has 2 aliphatic rings. The van der Waals surface area contributed by atoms with E-state index in [-0.39, 0.29) is 22.6 Å². The summed E-state index contributed by atoms with van der Waals surface area (Å²) in [4.78, 5) is 14.7. The molecule has 4 nitrogen and oxygen atoms in total. The number of nitrogens with one attached hydrogen (secondary N) is 1. The van der Waals surface area contributed by atoms with Gasteiger partial charge in [-0.3, -0.25) is 4.79 Å². The summed E-state index contributed by atoms with van der Waals surface area (Å²) in [5.74, 6) is 0.649. The summed E-state index contributed by atoms with van der Waals surface area (Å²) in [5.41, 5.74) is 7.97. The Kier molecular flexibility index (Phi) is 4.45. The second-order valence-electron chi connectivity index (χ2n) is 8.60. The van der Waals surface area contributed by atoms with E-state index < -0.39 is 0 Å². The summed E-state index contributed by atoms with van der Waals surface area (Å²) in [5, 5.41) is 1.89. The van der Waals surface area contributed by atoms with Gasteiger partial charge >= 0.3 is 0 Å². The molecule has 3 N–H and O–H groups in total. The van der Waals surface area contributed by atoms with E-state index in [1.54, 1.807) is 12.3 Å². The molecule has 2 saturated carbocycles. The largest absolute Gasteiger partial charge is 0.489 e. The third-order valence-corrected chi connectivity index (χ3v) is 7.27. The molecule has 0 atom stereocenters. The molecule has 29 heavy (non-hydrogen) atoms. The Morgan fingerprint density at radius 3 is 2.45 bits per heavy atom. The van der Waals surface area contributed by atoms with Gasteiger partial charge in [0.15, 0.2) is 0 Å². The fourth-order valence-corrected chi connectivity index (χ4v) is 5.31. The number of H-pyrrole nitrogens is 1. The van der Waals surface area contributed by atoms with Crippen LogP contribution in [-0.2, 0) is 5.41 Å². The van der Waals surface area contributed by atoms with Crippen molar-refractivity contribution in [3.05, 3.63) is 75.7 Å². The topological polar surface area (TPSA) is 68.1 Å². The molecule has 0 unspecified atom stereocenters. The third kappa shape index (κ3) is 3.15. The highest BCUT2D eigenvalue weighted by Crippen LogP contribution is 2.56. The van der Waals surface area contributed by atoms with E-state index in [0.29, 0.717) is 16.2 Å². The molecule has 3 aromatic rings. The summed E-state index contributed by atoms with van der Waals surface area (Å²) in [6.45, 7) is 0. The summed E-state index contributed by atoms with van der Waals surface area (Å²) in [6, 6.07) is 16.2. The van der Waals surface area contributed by atoms with Crippen LogP contribution in [0.15, 0.2) is 59.5 Å². The molecule has 0 amide bonds. The van der Waals surface area contributed by atoms with E-state index in [0.717, 1.165) is 43.9 Å². The maximum atomic E-state index is 12.0. The molecule has 0 aliphatic heterocycles. The van der Waals surface area contributed by atoms with Crippen molar-refractivity contribution < 1.29 is 4.74 Å². The molecule has 0 radical (unpaired) electrons. The van der Waals surface area contributed by atoms with Gasteiger partial charge in [-0.1, -0.05) is 41.9 Å². The normalized spacial score (nSPS) is 25.7. The van der Waals surface area contributed by atoms with E-state index in [1.165, 1.54) is 5.56 Å². The zero-order valence-corrected chi connectivity index (χ0v) is 17.0. The maximum Gasteiger partial charge on any atom is 0.255 e. The van der Waals surface area contributed by atoms with Crippen molar-refractivity contribution in [3.63, 3.8) is 0 Å². The van der Waals surface area contributed by atoms with Crippen LogP contribution in [0.2, 0.25) is 5.02 Å². The van der Waals surface area contributed by atoms with Crippen LogP contribution in [0.25, 0.3) is 10.8 Å². The maximum absolute atomic E-state index is 12.0. The average Bonchev–Trinajstić information content (AvgIpc) is 3.50. The number of benzene rings is 2. The van der Waals surface area contributed by atoms with Crippen molar-refractivity contribution in [2.45, 2.75) is 55.6 Å². The van der Waals surface area contributed by atoms with E-state index >= 15 is 0 Å². The number of nitrogens with two attached hydrogens (primary N) is 1. The van der Waals surface area contributed by atoms with Crippen molar-refractivity contribution in [2.24, 2.45) is 5.73 Å². The Labute approximate surface area is 175 Å². The van der Waals surface area contributed by atoms with Crippen molar-refractivity contribution in [2.75, 3.05) is 0 Å². The molecule has 150 valence electrons. The molecule has 5 rings (SSSR count). The van der Waals surface area contributed by atoms with Gasteiger partial charge in [0, 0.05) is 22.5 Å². The molecule has 1 aromatic heterocycles. The minimum absolute atomic E-state index is 0.0363. The van der Waals surface area contributed by atoms with E-state index in [1.807, 2.05) is 12.1 Å². The summed E-state index contributed by atoms with van der Waals surface area (Å²) in [6.07, 6.45) is 7.86. The monoisotopic (exact) mass is 408 g/mol. The number of pyridine rings is 1. The summed E-state index contributed by atoms with van der Waals surface area (Å²) >= 11 is 6.43. The smallest absolute Gasteiger partial charge is 0.255 e. The molecule has 2 fully saturated rings. The van der Waals surface area contributed by atoms with E-state index in [2.05, 4.69) is 35.3 Å². The number of halogens is 1. The van der Waals surface area contributed by atoms with Crippen LogP contribution < -0.4 is 16.0 Å². The highest BCUT2D eigenvalue weighted by Gasteiger charge is 2.58. The number of rotatable bonds is 4. The SMILES string of the molecule is NC1([C@]2(c3ccccc3)CC[C@H](Oc3cc4cc[nH]c(=O)c4cc3Cl)CC2)CC1. The molecular weight excluding hydrogens is 384 g/mol. The van der Waals surface area contributed by atoms with Gasteiger partial charge in [-0.25, -0.2) is 0 Å². The number of hydrogen-bond donors (Lipinski definition) is 2. The average molecular weight is 409 g/mol. The van der Waals surface area contributed by atoms with Crippen LogP contribution in [0, 0.1) is 0 Å². The first-order chi connectivity index (χ1) is 14.0. The van der Waals surface area contributed by atoms with Gasteiger partial charge in [-0.2, -0.15) is 0 Å². The fraction of sp³-hybridized carbons (Fsp3) is 0.375. The molecule has 2 aromatic carbocycles.